The van der Waals surface area contributed by atoms with E-state index < -0.39 is 0 Å². The Morgan fingerprint density at radius 1 is 1.12 bits per heavy atom. The van der Waals surface area contributed by atoms with E-state index in [0.717, 1.165) is 24.5 Å². The maximum Gasteiger partial charge on any atom is 0.0705 e. The van der Waals surface area contributed by atoms with Crippen LogP contribution in [0.15, 0.2) is 36.4 Å². The molecule has 82 valence electrons. The number of nitrogens with zero attached hydrogens (tertiary/aromatic N) is 1. The fraction of sp³-hybridized carbons (Fsp3) is 0.357. The fourth-order valence-electron chi connectivity index (χ4n) is 1.94. The van der Waals surface area contributed by atoms with Crippen LogP contribution in [0.2, 0.25) is 0 Å². The number of para-hydroxylation sites is 1. The molecule has 0 atom stereocenters. The van der Waals surface area contributed by atoms with Crippen LogP contribution in [0.1, 0.15) is 18.5 Å². The highest BCUT2D eigenvalue weighted by molar-refractivity contribution is 5.78. The molecule has 16 heavy (non-hydrogen) atoms. The molecule has 0 spiro atoms. The second-order valence-electron chi connectivity index (χ2n) is 4.47. The van der Waals surface area contributed by atoms with E-state index in [0.29, 0.717) is 0 Å². The van der Waals surface area contributed by atoms with E-state index >= 15 is 0 Å². The number of rotatable bonds is 4. The lowest BCUT2D eigenvalue weighted by Gasteiger charge is -2.04. The number of benzene rings is 1. The molecule has 2 heteroatoms. The average Bonchev–Trinajstić information content (AvgIpc) is 3.13. The highest BCUT2D eigenvalue weighted by Gasteiger charge is 2.19. The van der Waals surface area contributed by atoms with E-state index in [2.05, 4.69) is 40.6 Å². The van der Waals surface area contributed by atoms with Gasteiger partial charge in [0.2, 0.25) is 0 Å². The maximum atomic E-state index is 4.65. The number of hydrogen-bond donors (Lipinski definition) is 1. The van der Waals surface area contributed by atoms with Crippen LogP contribution in [0.3, 0.4) is 0 Å². The second kappa shape index (κ2) is 4.22. The van der Waals surface area contributed by atoms with Gasteiger partial charge in [-0.3, -0.25) is 4.98 Å². The molecule has 3 rings (SSSR count). The summed E-state index contributed by atoms with van der Waals surface area (Å²) in [4.78, 5) is 4.65. The summed E-state index contributed by atoms with van der Waals surface area (Å²) in [5, 5.41) is 4.74. The van der Waals surface area contributed by atoms with Crippen LogP contribution in [-0.4, -0.2) is 17.6 Å². The van der Waals surface area contributed by atoms with Gasteiger partial charge in [0, 0.05) is 30.1 Å². The van der Waals surface area contributed by atoms with E-state index in [1.165, 1.54) is 23.9 Å². The highest BCUT2D eigenvalue weighted by Crippen LogP contribution is 2.18. The van der Waals surface area contributed by atoms with Gasteiger partial charge < -0.3 is 5.32 Å². The molecule has 0 amide bonds. The summed E-state index contributed by atoms with van der Waals surface area (Å²) in [5.74, 6) is 0. The van der Waals surface area contributed by atoms with Crippen LogP contribution in [0.5, 0.6) is 0 Å². The van der Waals surface area contributed by atoms with Crippen molar-refractivity contribution in [1.82, 2.24) is 10.3 Å². The molecule has 1 heterocycles. The van der Waals surface area contributed by atoms with Crippen LogP contribution in [0.4, 0.5) is 0 Å². The van der Waals surface area contributed by atoms with Gasteiger partial charge in [0.1, 0.15) is 0 Å². The third-order valence-corrected chi connectivity index (χ3v) is 3.05. The lowest BCUT2D eigenvalue weighted by molar-refractivity contribution is 0.676. The third kappa shape index (κ3) is 2.22. The van der Waals surface area contributed by atoms with Crippen LogP contribution in [0, 0.1) is 0 Å². The van der Waals surface area contributed by atoms with Crippen molar-refractivity contribution in [3.8, 4) is 0 Å². The standard InChI is InChI=1S/C14H16N2/c1-2-4-14-11(3-1)5-6-13(16-14)9-10-15-12-7-8-12/h1-6,12,15H,7-10H2. The Labute approximate surface area is 95.7 Å². The topological polar surface area (TPSA) is 24.9 Å². The summed E-state index contributed by atoms with van der Waals surface area (Å²) in [7, 11) is 0. The monoisotopic (exact) mass is 212 g/mol. The number of hydrogen-bond acceptors (Lipinski definition) is 2. The van der Waals surface area contributed by atoms with Crippen molar-refractivity contribution < 1.29 is 0 Å². The molecule has 1 aliphatic rings. The van der Waals surface area contributed by atoms with Gasteiger partial charge in [0.05, 0.1) is 5.52 Å². The summed E-state index contributed by atoms with van der Waals surface area (Å²) in [6.07, 6.45) is 3.73. The first-order valence-electron chi connectivity index (χ1n) is 6.00. The Hall–Kier alpha value is -1.41. The first-order chi connectivity index (χ1) is 7.92. The molecular weight excluding hydrogens is 196 g/mol. The largest absolute Gasteiger partial charge is 0.314 e. The van der Waals surface area contributed by atoms with Crippen LogP contribution < -0.4 is 5.32 Å². The molecule has 0 saturated heterocycles. The number of nitrogens with one attached hydrogen (secondary N) is 1. The predicted octanol–water partition coefficient (Wildman–Crippen LogP) is 2.53. The molecule has 0 radical (unpaired) electrons. The van der Waals surface area contributed by atoms with Gasteiger partial charge in [-0.25, -0.2) is 0 Å². The Balaban J connectivity index is 1.71. The molecule has 2 aromatic rings. The van der Waals surface area contributed by atoms with Crippen LogP contribution >= 0.6 is 0 Å². The quantitative estimate of drug-likeness (QED) is 0.842. The van der Waals surface area contributed by atoms with Gasteiger partial charge in [-0.1, -0.05) is 24.3 Å². The minimum absolute atomic E-state index is 0.792. The van der Waals surface area contributed by atoms with Crippen molar-refractivity contribution in [2.45, 2.75) is 25.3 Å². The summed E-state index contributed by atoms with van der Waals surface area (Å²) in [5.41, 5.74) is 2.29. The molecule has 0 unspecified atom stereocenters. The average molecular weight is 212 g/mol. The second-order valence-corrected chi connectivity index (χ2v) is 4.47. The number of pyridine rings is 1. The number of aromatic nitrogens is 1. The first kappa shape index (κ1) is 9.79. The van der Waals surface area contributed by atoms with Gasteiger partial charge in [-0.2, -0.15) is 0 Å². The molecule has 2 nitrogen and oxygen atoms in total. The predicted molar refractivity (Wildman–Crippen MR) is 66.5 cm³/mol. The molecule has 1 N–H and O–H groups in total. The SMILES string of the molecule is c1ccc2nc(CCNC3CC3)ccc2c1. The first-order valence-corrected chi connectivity index (χ1v) is 6.00. The van der Waals surface area contributed by atoms with Crippen molar-refractivity contribution in [1.29, 1.82) is 0 Å². The van der Waals surface area contributed by atoms with E-state index in [9.17, 15) is 0 Å². The van der Waals surface area contributed by atoms with Crippen LogP contribution in [0.25, 0.3) is 10.9 Å². The molecule has 1 aliphatic carbocycles. The van der Waals surface area contributed by atoms with Gasteiger partial charge >= 0.3 is 0 Å². The van der Waals surface area contributed by atoms with Crippen molar-refractivity contribution in [3.05, 3.63) is 42.1 Å². The van der Waals surface area contributed by atoms with E-state index in [1.54, 1.807) is 0 Å². The molecule has 1 fully saturated rings. The van der Waals surface area contributed by atoms with Gasteiger partial charge in [-0.15, -0.1) is 0 Å². The zero-order valence-corrected chi connectivity index (χ0v) is 9.32. The Morgan fingerprint density at radius 2 is 2.00 bits per heavy atom. The lowest BCUT2D eigenvalue weighted by Crippen LogP contribution is -2.19. The van der Waals surface area contributed by atoms with E-state index in [-0.39, 0.29) is 0 Å². The van der Waals surface area contributed by atoms with E-state index in [4.69, 9.17) is 0 Å². The highest BCUT2D eigenvalue weighted by atomic mass is 14.9. The molecular formula is C14H16N2. The lowest BCUT2D eigenvalue weighted by atomic mass is 10.2. The van der Waals surface area contributed by atoms with Crippen molar-refractivity contribution in [2.24, 2.45) is 0 Å². The van der Waals surface area contributed by atoms with Crippen LogP contribution in [-0.2, 0) is 6.42 Å². The Kier molecular flexibility index (Phi) is 2.58. The normalized spacial score (nSPS) is 15.5. The number of fused-ring (bicyclic) bond motifs is 1. The summed E-state index contributed by atoms with van der Waals surface area (Å²) < 4.78 is 0. The van der Waals surface area contributed by atoms with Gasteiger partial charge in [-0.05, 0) is 25.0 Å². The summed E-state index contributed by atoms with van der Waals surface area (Å²) in [6, 6.07) is 13.4. The maximum absolute atomic E-state index is 4.65. The zero-order valence-electron chi connectivity index (χ0n) is 9.32. The Morgan fingerprint density at radius 3 is 2.88 bits per heavy atom. The van der Waals surface area contributed by atoms with Crippen molar-refractivity contribution in [3.63, 3.8) is 0 Å². The zero-order chi connectivity index (χ0) is 10.8. The van der Waals surface area contributed by atoms with Gasteiger partial charge in [0.25, 0.3) is 0 Å². The van der Waals surface area contributed by atoms with Crippen molar-refractivity contribution >= 4 is 10.9 Å². The molecule has 0 bridgehead atoms. The smallest absolute Gasteiger partial charge is 0.0705 e. The molecule has 1 aromatic carbocycles. The summed E-state index contributed by atoms with van der Waals surface area (Å²) in [6.45, 7) is 1.05. The van der Waals surface area contributed by atoms with Gasteiger partial charge in [0.15, 0.2) is 0 Å². The van der Waals surface area contributed by atoms with E-state index in [1.807, 2.05) is 6.07 Å². The molecule has 1 saturated carbocycles. The third-order valence-electron chi connectivity index (χ3n) is 3.05. The summed E-state index contributed by atoms with van der Waals surface area (Å²) >= 11 is 0. The minimum atomic E-state index is 0.792. The molecule has 0 aliphatic heterocycles. The molecule has 1 aromatic heterocycles. The Bertz CT molecular complexity index is 489. The minimum Gasteiger partial charge on any atom is -0.314 e. The van der Waals surface area contributed by atoms with Crippen molar-refractivity contribution in [2.75, 3.05) is 6.54 Å². The fourth-order valence-corrected chi connectivity index (χ4v) is 1.94.